The fraction of sp³-hybridized carbons (Fsp3) is 0.111. The highest BCUT2D eigenvalue weighted by Crippen LogP contribution is 2.44. The Kier molecular flexibility index (Phi) is 6.32. The van der Waals surface area contributed by atoms with Crippen LogP contribution in [0.4, 0.5) is 13.2 Å². The Labute approximate surface area is 203 Å². The van der Waals surface area contributed by atoms with Crippen molar-refractivity contribution in [3.05, 3.63) is 78.9 Å². The van der Waals surface area contributed by atoms with E-state index in [1.165, 1.54) is 56.3 Å². The van der Waals surface area contributed by atoms with E-state index in [1.807, 2.05) is 0 Å². The van der Waals surface area contributed by atoms with Crippen LogP contribution in [0.2, 0.25) is 0 Å². The normalized spacial score (nSPS) is 11.4. The topological polar surface area (TPSA) is 75.0 Å². The van der Waals surface area contributed by atoms with Gasteiger partial charge in [-0.3, -0.25) is 0 Å². The van der Waals surface area contributed by atoms with Crippen LogP contribution >= 0.6 is 0 Å². The molecule has 4 aromatic rings. The average molecular weight is 496 g/mol. The average Bonchev–Trinajstić information content (AvgIpc) is 3.17. The molecule has 4 rings (SSSR count). The largest absolute Gasteiger partial charge is 0.573 e. The standard InChI is InChI=1S/C27H19F3O6/c1-14(2)25(31)33-17-7-5-16(6-8-17)19-11-12-21-20-10-9-18(34-26(32)15(3)4)13-22(20)35-23(21)24(19)36-27(28,29)30/h5-13H,1,3H2,2,4H3. The summed E-state index contributed by atoms with van der Waals surface area (Å²) in [5.74, 6) is -1.46. The Bertz CT molecular complexity index is 1530. The number of furan rings is 1. The summed E-state index contributed by atoms with van der Waals surface area (Å²) in [6.45, 7) is 9.99. The van der Waals surface area contributed by atoms with Crippen molar-refractivity contribution in [1.29, 1.82) is 0 Å². The van der Waals surface area contributed by atoms with E-state index < -0.39 is 24.1 Å². The van der Waals surface area contributed by atoms with E-state index in [-0.39, 0.29) is 39.4 Å². The monoisotopic (exact) mass is 496 g/mol. The van der Waals surface area contributed by atoms with E-state index in [0.717, 1.165) is 0 Å². The van der Waals surface area contributed by atoms with Crippen LogP contribution in [0.5, 0.6) is 17.2 Å². The van der Waals surface area contributed by atoms with Crippen molar-refractivity contribution in [2.24, 2.45) is 0 Å². The molecule has 0 bridgehead atoms. The lowest BCUT2D eigenvalue weighted by atomic mass is 10.0. The van der Waals surface area contributed by atoms with Gasteiger partial charge in [0, 0.05) is 33.5 Å². The van der Waals surface area contributed by atoms with E-state index in [9.17, 15) is 22.8 Å². The smallest absolute Gasteiger partial charge is 0.452 e. The maximum atomic E-state index is 13.4. The third-order valence-electron chi connectivity index (χ3n) is 5.07. The van der Waals surface area contributed by atoms with Crippen LogP contribution in [0.3, 0.4) is 0 Å². The van der Waals surface area contributed by atoms with Gasteiger partial charge in [-0.15, -0.1) is 13.2 Å². The zero-order valence-corrected chi connectivity index (χ0v) is 19.2. The highest BCUT2D eigenvalue weighted by atomic mass is 19.4. The molecule has 0 saturated carbocycles. The Balaban J connectivity index is 1.81. The first-order chi connectivity index (χ1) is 16.9. The molecule has 6 nitrogen and oxygen atoms in total. The zero-order chi connectivity index (χ0) is 26.2. The molecule has 0 amide bonds. The van der Waals surface area contributed by atoms with Gasteiger partial charge in [0.2, 0.25) is 0 Å². The number of hydrogen-bond donors (Lipinski definition) is 0. The molecule has 0 saturated heterocycles. The van der Waals surface area contributed by atoms with Crippen molar-refractivity contribution in [3.8, 4) is 28.4 Å². The third-order valence-corrected chi connectivity index (χ3v) is 5.07. The molecule has 1 heterocycles. The number of ether oxygens (including phenoxy) is 3. The number of fused-ring (bicyclic) bond motifs is 3. The molecule has 0 N–H and O–H groups in total. The minimum Gasteiger partial charge on any atom is -0.452 e. The van der Waals surface area contributed by atoms with Gasteiger partial charge in [-0.25, -0.2) is 9.59 Å². The second kappa shape index (κ2) is 9.26. The van der Waals surface area contributed by atoms with E-state index in [0.29, 0.717) is 16.3 Å². The molecule has 0 radical (unpaired) electrons. The van der Waals surface area contributed by atoms with Crippen LogP contribution in [0.1, 0.15) is 13.8 Å². The van der Waals surface area contributed by atoms with Gasteiger partial charge < -0.3 is 18.6 Å². The van der Waals surface area contributed by atoms with E-state index >= 15 is 0 Å². The first-order valence-electron chi connectivity index (χ1n) is 10.5. The first-order valence-corrected chi connectivity index (χ1v) is 10.5. The van der Waals surface area contributed by atoms with E-state index in [4.69, 9.17) is 13.9 Å². The number of alkyl halides is 3. The summed E-state index contributed by atoms with van der Waals surface area (Å²) in [6, 6.07) is 13.4. The van der Waals surface area contributed by atoms with Crippen LogP contribution in [0, 0.1) is 0 Å². The molecule has 1 aromatic heterocycles. The molecule has 0 spiro atoms. The van der Waals surface area contributed by atoms with Crippen LogP contribution in [-0.2, 0) is 9.59 Å². The van der Waals surface area contributed by atoms with Gasteiger partial charge in [0.1, 0.15) is 17.1 Å². The predicted molar refractivity (Wildman–Crippen MR) is 127 cm³/mol. The fourth-order valence-electron chi connectivity index (χ4n) is 3.39. The molecule has 0 fully saturated rings. The summed E-state index contributed by atoms with van der Waals surface area (Å²) in [6.07, 6.45) is -5.00. The second-order valence-corrected chi connectivity index (χ2v) is 7.99. The Morgan fingerprint density at radius 3 is 1.94 bits per heavy atom. The van der Waals surface area contributed by atoms with Crippen molar-refractivity contribution in [3.63, 3.8) is 0 Å². The van der Waals surface area contributed by atoms with Crippen molar-refractivity contribution >= 4 is 33.9 Å². The number of benzene rings is 3. The highest BCUT2D eigenvalue weighted by Gasteiger charge is 2.34. The number of esters is 2. The van der Waals surface area contributed by atoms with Gasteiger partial charge in [0.05, 0.1) is 0 Å². The van der Waals surface area contributed by atoms with Crippen LogP contribution in [0.15, 0.2) is 83.3 Å². The summed E-state index contributed by atoms with van der Waals surface area (Å²) < 4.78 is 60.6. The lowest BCUT2D eigenvalue weighted by Gasteiger charge is -2.14. The first kappa shape index (κ1) is 24.6. The molecular formula is C27H19F3O6. The fourth-order valence-corrected chi connectivity index (χ4v) is 3.39. The Morgan fingerprint density at radius 2 is 1.36 bits per heavy atom. The molecule has 0 aliphatic carbocycles. The van der Waals surface area contributed by atoms with Gasteiger partial charge in [0.25, 0.3) is 0 Å². The minimum atomic E-state index is -5.00. The van der Waals surface area contributed by atoms with E-state index in [1.54, 1.807) is 12.1 Å². The molecule has 184 valence electrons. The Morgan fingerprint density at radius 1 is 0.806 bits per heavy atom. The third kappa shape index (κ3) is 5.10. The Hall–Kier alpha value is -4.53. The summed E-state index contributed by atoms with van der Waals surface area (Å²) in [4.78, 5) is 23.5. The second-order valence-electron chi connectivity index (χ2n) is 7.99. The van der Waals surface area contributed by atoms with Crippen LogP contribution in [0.25, 0.3) is 33.1 Å². The maximum absolute atomic E-state index is 13.4. The molecular weight excluding hydrogens is 477 g/mol. The van der Waals surface area contributed by atoms with Gasteiger partial charge in [-0.05, 0) is 55.8 Å². The number of hydrogen-bond acceptors (Lipinski definition) is 6. The summed E-state index contributed by atoms with van der Waals surface area (Å²) in [5.41, 5.74) is 0.913. The maximum Gasteiger partial charge on any atom is 0.573 e. The molecule has 0 aliphatic heterocycles. The van der Waals surface area contributed by atoms with Gasteiger partial charge in [0.15, 0.2) is 11.3 Å². The van der Waals surface area contributed by atoms with Crippen molar-refractivity contribution in [2.45, 2.75) is 20.2 Å². The SMILES string of the molecule is C=C(C)C(=O)Oc1ccc(-c2ccc3c(oc4cc(OC(=O)C(=C)C)ccc43)c2OC(F)(F)F)cc1. The van der Waals surface area contributed by atoms with Crippen molar-refractivity contribution < 1.29 is 41.4 Å². The molecule has 36 heavy (non-hydrogen) atoms. The number of carbonyl (C=O) groups excluding carboxylic acids is 2. The van der Waals surface area contributed by atoms with Crippen LogP contribution < -0.4 is 14.2 Å². The van der Waals surface area contributed by atoms with Gasteiger partial charge in [-0.1, -0.05) is 25.3 Å². The number of carbonyl (C=O) groups is 2. The number of halogens is 3. The van der Waals surface area contributed by atoms with E-state index in [2.05, 4.69) is 17.9 Å². The van der Waals surface area contributed by atoms with Crippen LogP contribution in [-0.4, -0.2) is 18.3 Å². The molecule has 3 aromatic carbocycles. The summed E-state index contributed by atoms with van der Waals surface area (Å²) in [7, 11) is 0. The highest BCUT2D eigenvalue weighted by molar-refractivity contribution is 6.09. The lowest BCUT2D eigenvalue weighted by Crippen LogP contribution is -2.17. The molecule has 0 aliphatic rings. The molecule has 9 heteroatoms. The zero-order valence-electron chi connectivity index (χ0n) is 19.2. The number of rotatable bonds is 6. The van der Waals surface area contributed by atoms with Crippen molar-refractivity contribution in [1.82, 2.24) is 0 Å². The lowest BCUT2D eigenvalue weighted by molar-refractivity contribution is -0.274. The minimum absolute atomic E-state index is 0.102. The molecule has 0 atom stereocenters. The quantitative estimate of drug-likeness (QED) is 0.161. The van der Waals surface area contributed by atoms with Gasteiger partial charge >= 0.3 is 18.3 Å². The van der Waals surface area contributed by atoms with Crippen molar-refractivity contribution in [2.75, 3.05) is 0 Å². The predicted octanol–water partition coefficient (Wildman–Crippen LogP) is 7.11. The van der Waals surface area contributed by atoms with Gasteiger partial charge in [-0.2, -0.15) is 0 Å². The summed E-state index contributed by atoms with van der Waals surface area (Å²) >= 11 is 0. The summed E-state index contributed by atoms with van der Waals surface area (Å²) in [5, 5.41) is 0.874. The molecule has 0 unspecified atom stereocenters.